The van der Waals surface area contributed by atoms with Crippen LogP contribution in [0, 0.1) is 0 Å². The van der Waals surface area contributed by atoms with Crippen LogP contribution in [-0.4, -0.2) is 35.0 Å². The van der Waals surface area contributed by atoms with Gasteiger partial charge >= 0.3 is 5.97 Å². The van der Waals surface area contributed by atoms with Crippen LogP contribution in [-0.2, 0) is 11.2 Å². The van der Waals surface area contributed by atoms with E-state index in [4.69, 9.17) is 5.11 Å². The second-order valence-electron chi connectivity index (χ2n) is 3.78. The maximum atomic E-state index is 11.9. The minimum atomic E-state index is -0.968. The average molecular weight is 284 g/mol. The molecule has 1 aliphatic heterocycles. The number of fused-ring (bicyclic) bond motifs is 1. The van der Waals surface area contributed by atoms with Crippen LogP contribution in [0.4, 0.5) is 0 Å². The maximum Gasteiger partial charge on any atom is 0.326 e. The fraction of sp³-hybridized carbons (Fsp3) is 0.273. The second-order valence-corrected chi connectivity index (χ2v) is 4.69. The molecule has 1 aliphatic rings. The highest BCUT2D eigenvalue weighted by Gasteiger charge is 2.33. The van der Waals surface area contributed by atoms with Crippen molar-refractivity contribution < 1.29 is 14.7 Å². The molecule has 1 aromatic rings. The van der Waals surface area contributed by atoms with Crippen LogP contribution in [0.2, 0.25) is 0 Å². The molecule has 4 nitrogen and oxygen atoms in total. The Morgan fingerprint density at radius 3 is 2.88 bits per heavy atom. The minimum Gasteiger partial charge on any atom is -0.480 e. The summed E-state index contributed by atoms with van der Waals surface area (Å²) >= 11 is 3.29. The number of carbonyl (C=O) groups is 2. The van der Waals surface area contributed by atoms with Crippen LogP contribution >= 0.6 is 15.9 Å². The Hall–Kier alpha value is -1.36. The molecule has 1 heterocycles. The maximum absolute atomic E-state index is 11.9. The van der Waals surface area contributed by atoms with Gasteiger partial charge in [-0.2, -0.15) is 0 Å². The first kappa shape index (κ1) is 11.1. The van der Waals surface area contributed by atoms with E-state index in [-0.39, 0.29) is 5.91 Å². The molecule has 2 rings (SSSR count). The predicted molar refractivity (Wildman–Crippen MR) is 61.4 cm³/mol. The molecule has 0 aliphatic carbocycles. The summed E-state index contributed by atoms with van der Waals surface area (Å²) in [6, 6.07) is 4.57. The van der Waals surface area contributed by atoms with Crippen LogP contribution in [0.5, 0.6) is 0 Å². The third-order valence-electron chi connectivity index (χ3n) is 2.79. The van der Waals surface area contributed by atoms with Gasteiger partial charge in [-0.1, -0.05) is 22.0 Å². The van der Waals surface area contributed by atoms with E-state index in [1.165, 1.54) is 11.9 Å². The van der Waals surface area contributed by atoms with Gasteiger partial charge in [-0.05, 0) is 17.7 Å². The van der Waals surface area contributed by atoms with Gasteiger partial charge in [-0.25, -0.2) is 4.79 Å². The Morgan fingerprint density at radius 1 is 1.56 bits per heavy atom. The van der Waals surface area contributed by atoms with Crippen molar-refractivity contribution in [2.75, 3.05) is 7.05 Å². The third-order valence-corrected chi connectivity index (χ3v) is 3.28. The Balaban J connectivity index is 2.48. The lowest BCUT2D eigenvalue weighted by atomic mass is 9.94. The summed E-state index contributed by atoms with van der Waals surface area (Å²) in [4.78, 5) is 24.2. The molecule has 0 radical (unpaired) electrons. The zero-order valence-corrected chi connectivity index (χ0v) is 10.2. The van der Waals surface area contributed by atoms with E-state index in [0.29, 0.717) is 12.0 Å². The Labute approximate surface area is 101 Å². The van der Waals surface area contributed by atoms with E-state index < -0.39 is 12.0 Å². The van der Waals surface area contributed by atoms with Crippen molar-refractivity contribution in [1.29, 1.82) is 0 Å². The number of carboxylic acid groups (broad SMARTS) is 1. The summed E-state index contributed by atoms with van der Waals surface area (Å²) in [5.74, 6) is -1.21. The van der Waals surface area contributed by atoms with Crippen LogP contribution in [0.3, 0.4) is 0 Å². The summed E-state index contributed by atoms with van der Waals surface area (Å²) < 4.78 is 0.821. The SMILES string of the molecule is CN1C(=O)c2cc(Br)ccc2CC1C(=O)O. The molecule has 1 atom stereocenters. The first-order chi connectivity index (χ1) is 7.50. The molecule has 0 fully saturated rings. The molecule has 84 valence electrons. The van der Waals surface area contributed by atoms with Crippen molar-refractivity contribution in [2.24, 2.45) is 0 Å². The van der Waals surface area contributed by atoms with Gasteiger partial charge in [0.1, 0.15) is 6.04 Å². The van der Waals surface area contributed by atoms with Crippen molar-refractivity contribution >= 4 is 27.8 Å². The van der Waals surface area contributed by atoms with Gasteiger partial charge in [0.15, 0.2) is 0 Å². The summed E-state index contributed by atoms with van der Waals surface area (Å²) in [5.41, 5.74) is 1.37. The first-order valence-corrected chi connectivity index (χ1v) is 5.58. The number of likely N-dealkylation sites (N-methyl/N-ethyl adjacent to an activating group) is 1. The van der Waals surface area contributed by atoms with Crippen LogP contribution in [0.15, 0.2) is 22.7 Å². The van der Waals surface area contributed by atoms with Gasteiger partial charge in [0.25, 0.3) is 5.91 Å². The van der Waals surface area contributed by atoms with Crippen molar-refractivity contribution in [3.63, 3.8) is 0 Å². The number of nitrogens with zero attached hydrogens (tertiary/aromatic N) is 1. The molecule has 1 amide bonds. The number of rotatable bonds is 1. The van der Waals surface area contributed by atoms with Crippen molar-refractivity contribution in [3.05, 3.63) is 33.8 Å². The van der Waals surface area contributed by atoms with Crippen molar-refractivity contribution in [3.8, 4) is 0 Å². The quantitative estimate of drug-likeness (QED) is 0.850. The van der Waals surface area contributed by atoms with E-state index >= 15 is 0 Å². The van der Waals surface area contributed by atoms with E-state index in [1.807, 2.05) is 6.07 Å². The molecule has 5 heteroatoms. The Kier molecular flexibility index (Phi) is 2.71. The van der Waals surface area contributed by atoms with Crippen molar-refractivity contribution in [2.45, 2.75) is 12.5 Å². The smallest absolute Gasteiger partial charge is 0.326 e. The van der Waals surface area contributed by atoms with Crippen LogP contribution in [0.1, 0.15) is 15.9 Å². The van der Waals surface area contributed by atoms with Gasteiger partial charge in [0, 0.05) is 23.5 Å². The largest absolute Gasteiger partial charge is 0.480 e. The monoisotopic (exact) mass is 283 g/mol. The summed E-state index contributed by atoms with van der Waals surface area (Å²) in [6.45, 7) is 0. The van der Waals surface area contributed by atoms with E-state index in [1.54, 1.807) is 12.1 Å². The fourth-order valence-electron chi connectivity index (χ4n) is 1.86. The molecular weight excluding hydrogens is 274 g/mol. The lowest BCUT2D eigenvalue weighted by Gasteiger charge is -2.31. The standard InChI is InChI=1S/C11H10BrNO3/c1-13-9(11(15)16)4-6-2-3-7(12)5-8(6)10(13)14/h2-3,5,9H,4H2,1H3,(H,15,16). The number of hydrogen-bond donors (Lipinski definition) is 1. The highest BCUT2D eigenvalue weighted by molar-refractivity contribution is 9.10. The molecule has 0 aromatic heterocycles. The highest BCUT2D eigenvalue weighted by atomic mass is 79.9. The van der Waals surface area contributed by atoms with Crippen molar-refractivity contribution in [1.82, 2.24) is 4.90 Å². The van der Waals surface area contributed by atoms with E-state index in [2.05, 4.69) is 15.9 Å². The number of hydrogen-bond acceptors (Lipinski definition) is 2. The number of carbonyl (C=O) groups excluding carboxylic acids is 1. The van der Waals surface area contributed by atoms with Gasteiger partial charge < -0.3 is 10.0 Å². The molecule has 1 unspecified atom stereocenters. The molecule has 16 heavy (non-hydrogen) atoms. The number of benzene rings is 1. The minimum absolute atomic E-state index is 0.241. The van der Waals surface area contributed by atoms with Gasteiger partial charge in [-0.3, -0.25) is 4.79 Å². The Morgan fingerprint density at radius 2 is 2.25 bits per heavy atom. The zero-order chi connectivity index (χ0) is 11.9. The summed E-state index contributed by atoms with van der Waals surface area (Å²) in [6.07, 6.45) is 0.361. The van der Waals surface area contributed by atoms with E-state index in [0.717, 1.165) is 10.0 Å². The third kappa shape index (κ3) is 1.71. The highest BCUT2D eigenvalue weighted by Crippen LogP contribution is 2.25. The molecule has 0 bridgehead atoms. The normalized spacial score (nSPS) is 19.5. The first-order valence-electron chi connectivity index (χ1n) is 4.79. The molecule has 0 spiro atoms. The number of carboxylic acids is 1. The van der Waals surface area contributed by atoms with Gasteiger partial charge in [0.05, 0.1) is 0 Å². The predicted octanol–water partition coefficient (Wildman–Crippen LogP) is 1.53. The zero-order valence-electron chi connectivity index (χ0n) is 8.61. The number of halogens is 1. The fourth-order valence-corrected chi connectivity index (χ4v) is 2.22. The molecule has 0 saturated carbocycles. The molecular formula is C11H10BrNO3. The topological polar surface area (TPSA) is 57.6 Å². The second kappa shape index (κ2) is 3.90. The lowest BCUT2D eigenvalue weighted by molar-refractivity contribution is -0.142. The van der Waals surface area contributed by atoms with E-state index in [9.17, 15) is 9.59 Å². The lowest BCUT2D eigenvalue weighted by Crippen LogP contribution is -2.47. The number of aliphatic carboxylic acids is 1. The average Bonchev–Trinajstić information content (AvgIpc) is 2.23. The van der Waals surface area contributed by atoms with Gasteiger partial charge in [-0.15, -0.1) is 0 Å². The molecule has 1 aromatic carbocycles. The summed E-state index contributed by atoms with van der Waals surface area (Å²) in [5, 5.41) is 9.00. The van der Waals surface area contributed by atoms with Gasteiger partial charge in [0.2, 0.25) is 0 Å². The Bertz CT molecular complexity index is 472. The molecule has 0 saturated heterocycles. The molecule has 1 N–H and O–H groups in total. The summed E-state index contributed by atoms with van der Waals surface area (Å²) in [7, 11) is 1.52. The van der Waals surface area contributed by atoms with Crippen LogP contribution in [0.25, 0.3) is 0 Å². The van der Waals surface area contributed by atoms with Crippen LogP contribution < -0.4 is 0 Å². The number of amides is 1.